The van der Waals surface area contributed by atoms with Crippen molar-refractivity contribution in [2.75, 3.05) is 0 Å². The van der Waals surface area contributed by atoms with Gasteiger partial charge in [-0.25, -0.2) is 39.9 Å². The summed E-state index contributed by atoms with van der Waals surface area (Å²) in [4.78, 5) is 41.5. The fourth-order valence-electron chi connectivity index (χ4n) is 13.2. The van der Waals surface area contributed by atoms with Gasteiger partial charge in [0, 0.05) is 106 Å². The molecule has 0 radical (unpaired) electrons. The molecule has 8 aromatic heterocycles. The van der Waals surface area contributed by atoms with E-state index in [1.807, 2.05) is 127 Å². The molecule has 20 rings (SSSR count). The molecule has 0 saturated heterocycles. The summed E-state index contributed by atoms with van der Waals surface area (Å²) in [5.74, 6) is 4.44. The largest absolute Gasteiger partial charge is 0.456 e. The lowest BCUT2D eigenvalue weighted by molar-refractivity contribution is 0.619. The first-order valence-corrected chi connectivity index (χ1v) is 32.3. The average molecular weight is 1240 g/mol. The number of furan rings is 2. The number of hydrogen-bond acceptors (Lipinski definition) is 14. The van der Waals surface area contributed by atoms with Gasteiger partial charge < -0.3 is 17.7 Å². The summed E-state index contributed by atoms with van der Waals surface area (Å²) >= 11 is 3.47. The van der Waals surface area contributed by atoms with Gasteiger partial charge in [0.2, 0.25) is 11.8 Å². The minimum atomic E-state index is 0.534. The van der Waals surface area contributed by atoms with Crippen molar-refractivity contribution in [3.63, 3.8) is 0 Å². The number of oxazole rings is 2. The van der Waals surface area contributed by atoms with E-state index in [4.69, 9.17) is 57.5 Å². The lowest BCUT2D eigenvalue weighted by Crippen LogP contribution is -2.00. The van der Waals surface area contributed by atoms with Crippen molar-refractivity contribution in [3.8, 4) is 102 Å². The molecule has 0 N–H and O–H groups in total. The van der Waals surface area contributed by atoms with Gasteiger partial charge in [-0.1, -0.05) is 140 Å². The zero-order chi connectivity index (χ0) is 61.5. The van der Waals surface area contributed by atoms with Crippen LogP contribution in [0.5, 0.6) is 0 Å². The maximum Gasteiger partial charge on any atom is 0.227 e. The number of thiophene rings is 2. The van der Waals surface area contributed by atoms with E-state index in [1.54, 1.807) is 22.7 Å². The molecule has 0 unspecified atom stereocenters. The van der Waals surface area contributed by atoms with E-state index in [1.165, 1.54) is 0 Å². The zero-order valence-electron chi connectivity index (χ0n) is 49.3. The van der Waals surface area contributed by atoms with Crippen LogP contribution in [0.15, 0.2) is 272 Å². The third-order valence-corrected chi connectivity index (χ3v) is 20.0. The van der Waals surface area contributed by atoms with Gasteiger partial charge in [-0.2, -0.15) is 0 Å². The van der Waals surface area contributed by atoms with Gasteiger partial charge in [0.25, 0.3) is 0 Å². The van der Waals surface area contributed by atoms with Crippen LogP contribution in [0, 0.1) is 0 Å². The summed E-state index contributed by atoms with van der Waals surface area (Å²) in [6.07, 6.45) is 0. The Kier molecular flexibility index (Phi) is 11.5. The number of benzene rings is 12. The Bertz CT molecular complexity index is 6450. The smallest absolute Gasteiger partial charge is 0.227 e. The monoisotopic (exact) mass is 1240 g/mol. The first-order chi connectivity index (χ1) is 46.5. The van der Waals surface area contributed by atoms with E-state index in [-0.39, 0.29) is 0 Å². The summed E-state index contributed by atoms with van der Waals surface area (Å²) in [5.41, 5.74) is 15.2. The van der Waals surface area contributed by atoms with Crippen LogP contribution in [0.3, 0.4) is 0 Å². The Labute approximate surface area is 540 Å². The van der Waals surface area contributed by atoms with Crippen LogP contribution < -0.4 is 0 Å². The molecule has 12 nitrogen and oxygen atoms in total. The molecule has 8 heterocycles. The lowest BCUT2D eigenvalue weighted by atomic mass is 10.0. The zero-order valence-corrected chi connectivity index (χ0v) is 50.9. The molecule has 438 valence electrons. The predicted octanol–water partition coefficient (Wildman–Crippen LogP) is 21.9. The van der Waals surface area contributed by atoms with Crippen molar-refractivity contribution in [2.45, 2.75) is 0 Å². The molecule has 0 aliphatic heterocycles. The third-order valence-electron chi connectivity index (χ3n) is 17.7. The molecule has 20 aromatic rings. The maximum absolute atomic E-state index is 6.56. The molecule has 0 fully saturated rings. The molecule has 0 amide bonds. The Morgan fingerprint density at radius 3 is 1.21 bits per heavy atom. The van der Waals surface area contributed by atoms with Crippen LogP contribution in [-0.2, 0) is 0 Å². The summed E-state index contributed by atoms with van der Waals surface area (Å²) in [7, 11) is 0. The summed E-state index contributed by atoms with van der Waals surface area (Å²) in [5, 5.41) is 8.07. The van der Waals surface area contributed by atoms with Crippen molar-refractivity contribution in [1.29, 1.82) is 0 Å². The number of para-hydroxylation sites is 5. The van der Waals surface area contributed by atoms with Gasteiger partial charge in [0.1, 0.15) is 33.4 Å². The van der Waals surface area contributed by atoms with Crippen molar-refractivity contribution in [3.05, 3.63) is 255 Å². The highest BCUT2D eigenvalue weighted by molar-refractivity contribution is 7.26. The van der Waals surface area contributed by atoms with Crippen LogP contribution >= 0.6 is 22.7 Å². The highest BCUT2D eigenvalue weighted by Crippen LogP contribution is 2.46. The molecule has 14 heteroatoms. The van der Waals surface area contributed by atoms with Crippen molar-refractivity contribution in [1.82, 2.24) is 39.9 Å². The minimum Gasteiger partial charge on any atom is -0.456 e. The molecule has 12 aromatic carbocycles. The van der Waals surface area contributed by atoms with Crippen LogP contribution in [0.4, 0.5) is 0 Å². The highest BCUT2D eigenvalue weighted by atomic mass is 32.1. The van der Waals surface area contributed by atoms with E-state index in [2.05, 4.69) is 127 Å². The Balaban J connectivity index is 0.688. The Hall–Kier alpha value is -12.4. The second-order valence-electron chi connectivity index (χ2n) is 23.3. The van der Waals surface area contributed by atoms with E-state index < -0.39 is 0 Å². The Morgan fingerprint density at radius 1 is 0.213 bits per heavy atom. The SMILES string of the molecule is c1ccc(-c2nc(-c3ccc4oc5ccc(-c6ccc(-c7nc(-c8cccc9oc%10ccccc%10c89)nc(-c8cccc9sc%10ccc(-c%11nc%12ccccc%12o%11)cc%10c89)n7)cc6)cc5c4c3)nc(-c3cccc4sc5ccc(-c6nc7ccccc7o6)cc5c34)n2)cc1. The minimum absolute atomic E-state index is 0.534. The van der Waals surface area contributed by atoms with E-state index in [0.717, 1.165) is 162 Å². The van der Waals surface area contributed by atoms with Gasteiger partial charge in [-0.3, -0.25) is 0 Å². The fraction of sp³-hybridized carbons (Fsp3) is 0. The first-order valence-electron chi connectivity index (χ1n) is 30.7. The molecule has 0 aliphatic carbocycles. The van der Waals surface area contributed by atoms with Crippen LogP contribution in [0.1, 0.15) is 0 Å². The normalized spacial score (nSPS) is 12.0. The molecule has 94 heavy (non-hydrogen) atoms. The number of aromatic nitrogens is 8. The van der Waals surface area contributed by atoms with E-state index in [9.17, 15) is 0 Å². The molecule has 0 spiro atoms. The molecule has 0 atom stereocenters. The number of hydrogen-bond donors (Lipinski definition) is 0. The van der Waals surface area contributed by atoms with Crippen LogP contribution in [0.2, 0.25) is 0 Å². The van der Waals surface area contributed by atoms with Gasteiger partial charge in [0.05, 0.1) is 0 Å². The molecule has 0 aliphatic rings. The van der Waals surface area contributed by atoms with Crippen molar-refractivity contribution >= 4 is 129 Å². The van der Waals surface area contributed by atoms with Gasteiger partial charge >= 0.3 is 0 Å². The topological polar surface area (TPSA) is 156 Å². The van der Waals surface area contributed by atoms with Crippen molar-refractivity contribution in [2.24, 2.45) is 0 Å². The lowest BCUT2D eigenvalue weighted by Gasteiger charge is -2.11. The van der Waals surface area contributed by atoms with Crippen LogP contribution in [-0.4, -0.2) is 39.9 Å². The second-order valence-corrected chi connectivity index (χ2v) is 25.5. The summed E-state index contributed by atoms with van der Waals surface area (Å²) in [6, 6.07) is 86.4. The Morgan fingerprint density at radius 2 is 0.617 bits per heavy atom. The van der Waals surface area contributed by atoms with Gasteiger partial charge in [-0.15, -0.1) is 22.7 Å². The fourth-order valence-corrected chi connectivity index (χ4v) is 15.5. The molecular weight excluding hydrogens is 1200 g/mol. The van der Waals surface area contributed by atoms with E-state index in [0.29, 0.717) is 46.7 Å². The van der Waals surface area contributed by atoms with E-state index >= 15 is 0 Å². The van der Waals surface area contributed by atoms with Gasteiger partial charge in [-0.05, 0) is 126 Å². The van der Waals surface area contributed by atoms with Crippen LogP contribution in [0.25, 0.3) is 209 Å². The molecule has 0 bridgehead atoms. The first kappa shape index (κ1) is 52.4. The number of fused-ring (bicyclic) bond motifs is 14. The predicted molar refractivity (Wildman–Crippen MR) is 378 cm³/mol. The second kappa shape index (κ2) is 20.6. The average Bonchev–Trinajstić information content (AvgIpc) is 1.55. The maximum atomic E-state index is 6.56. The van der Waals surface area contributed by atoms with Crippen molar-refractivity contribution < 1.29 is 17.7 Å². The number of rotatable bonds is 9. The summed E-state index contributed by atoms with van der Waals surface area (Å²) < 4.78 is 30.0. The summed E-state index contributed by atoms with van der Waals surface area (Å²) in [6.45, 7) is 0. The number of nitrogens with zero attached hydrogens (tertiary/aromatic N) is 8. The third kappa shape index (κ3) is 8.51. The highest BCUT2D eigenvalue weighted by Gasteiger charge is 2.24. The standard InChI is InChI=1S/C80H42N8O4S2/c1-2-13-44(14-3-1)73-83-75(87-77(84-73)52-17-11-25-68-71(52)56-41-48(33-37-66(56)93-68)79-81-58-19-5-8-22-63(58)91-79)47-32-36-62-55(40-47)54-39-46(31-35-61(54)89-62)43-27-29-45(30-28-43)74-85-76(51-16-10-24-65-70(51)50-15-4-7-21-60(50)90-65)88-78(86-74)53-18-12-26-69-72(53)57-42-49(34-38-67(57)94-69)80-82-59-20-6-9-23-64(59)92-80/h1-42H. The molecular formula is C80H42N8O4S2. The quantitative estimate of drug-likeness (QED) is 0.135. The molecule has 0 saturated carbocycles. The van der Waals surface area contributed by atoms with Gasteiger partial charge in [0.15, 0.2) is 46.1 Å².